The lowest BCUT2D eigenvalue weighted by Gasteiger charge is -2.40. The minimum absolute atomic E-state index is 0.332. The zero-order valence-electron chi connectivity index (χ0n) is 7.02. The van der Waals surface area contributed by atoms with Crippen LogP contribution in [-0.4, -0.2) is 21.6 Å². The second kappa shape index (κ2) is 2.00. The van der Waals surface area contributed by atoms with Gasteiger partial charge in [0.25, 0.3) is 0 Å². The van der Waals surface area contributed by atoms with Gasteiger partial charge in [-0.2, -0.15) is 0 Å². The van der Waals surface area contributed by atoms with Gasteiger partial charge in [-0.05, 0) is 26.7 Å². The van der Waals surface area contributed by atoms with Gasteiger partial charge in [0.05, 0.1) is 0 Å². The van der Waals surface area contributed by atoms with Crippen molar-refractivity contribution in [2.75, 3.05) is 11.5 Å². The van der Waals surface area contributed by atoms with E-state index in [0.29, 0.717) is 11.3 Å². The first-order valence-corrected chi connectivity index (χ1v) is 5.70. The predicted octanol–water partition coefficient (Wildman–Crippen LogP) is 1.38. The van der Waals surface area contributed by atoms with Crippen molar-refractivity contribution in [3.05, 3.63) is 0 Å². The highest BCUT2D eigenvalue weighted by molar-refractivity contribution is 8.01. The molecule has 0 radical (unpaired) electrons. The lowest BCUT2D eigenvalue weighted by atomic mass is 9.83. The van der Waals surface area contributed by atoms with E-state index in [2.05, 4.69) is 26.6 Å². The highest BCUT2D eigenvalue weighted by Gasteiger charge is 2.36. The van der Waals surface area contributed by atoms with E-state index in [-0.39, 0.29) is 0 Å². The third-order valence-corrected chi connectivity index (χ3v) is 4.25. The van der Waals surface area contributed by atoms with E-state index in [1.54, 1.807) is 0 Å². The van der Waals surface area contributed by atoms with Crippen LogP contribution in [0.15, 0.2) is 0 Å². The van der Waals surface area contributed by atoms with Crippen LogP contribution in [0.2, 0.25) is 0 Å². The molecule has 0 aromatic heterocycles. The zero-order valence-corrected chi connectivity index (χ0v) is 7.83. The Labute approximate surface area is 63.8 Å². The van der Waals surface area contributed by atoms with Gasteiger partial charge in [-0.1, -0.05) is 20.8 Å². The minimum atomic E-state index is -1.61. The van der Waals surface area contributed by atoms with E-state index in [4.69, 9.17) is 0 Å². The summed E-state index contributed by atoms with van der Waals surface area (Å²) >= 11 is 0. The Morgan fingerprint density at radius 1 is 1.40 bits per heavy atom. The molecule has 1 fully saturated rings. The fraction of sp³-hybridized carbons (Fsp3) is 0.875. The predicted molar refractivity (Wildman–Crippen MR) is 47.9 cm³/mol. The van der Waals surface area contributed by atoms with Crippen LogP contribution in [0.1, 0.15) is 20.8 Å². The maximum absolute atomic E-state index is 11.2. The highest BCUT2D eigenvalue weighted by Crippen LogP contribution is 2.34. The normalized spacial score (nSPS) is 40.9. The van der Waals surface area contributed by atoms with Crippen molar-refractivity contribution in [3.63, 3.8) is 0 Å². The van der Waals surface area contributed by atoms with Gasteiger partial charge in [-0.3, -0.25) is 4.21 Å². The maximum atomic E-state index is 11.2. The number of hydrogen-bond acceptors (Lipinski definition) is 1. The molecule has 0 atom stereocenters. The molecular formula is C8H16OS. The molecule has 60 valence electrons. The molecule has 1 nitrogen and oxygen atoms in total. The Bertz CT molecular complexity index is 206. The minimum Gasteiger partial charge on any atom is -0.268 e. The average Bonchev–Trinajstić information content (AvgIpc) is 1.56. The van der Waals surface area contributed by atoms with Crippen molar-refractivity contribution >= 4 is 15.4 Å². The average molecular weight is 160 g/mol. The third kappa shape index (κ3) is 1.54. The van der Waals surface area contributed by atoms with E-state index < -0.39 is 9.52 Å². The van der Waals surface area contributed by atoms with Crippen LogP contribution in [-0.2, 0) is 9.52 Å². The first-order valence-electron chi connectivity index (χ1n) is 3.64. The van der Waals surface area contributed by atoms with Crippen molar-refractivity contribution in [3.8, 4) is 0 Å². The molecule has 0 saturated carbocycles. The molecule has 0 N–H and O–H groups in total. The molecule has 0 aromatic carbocycles. The monoisotopic (exact) mass is 160 g/mol. The standard InChI is InChI=1S/C8H16OS/c1-8(2,3)7-5-10(4,9)6-7/h7H,4-6H2,1-3H3. The summed E-state index contributed by atoms with van der Waals surface area (Å²) in [6, 6.07) is 0. The van der Waals surface area contributed by atoms with Gasteiger partial charge in [0.1, 0.15) is 0 Å². The van der Waals surface area contributed by atoms with Gasteiger partial charge in [0.2, 0.25) is 0 Å². The van der Waals surface area contributed by atoms with Crippen molar-refractivity contribution in [1.29, 1.82) is 0 Å². The fourth-order valence-electron chi connectivity index (χ4n) is 1.18. The lowest BCUT2D eigenvalue weighted by molar-refractivity contribution is 0.274. The van der Waals surface area contributed by atoms with Crippen molar-refractivity contribution in [2.45, 2.75) is 20.8 Å². The van der Waals surface area contributed by atoms with Crippen molar-refractivity contribution in [2.24, 2.45) is 11.3 Å². The van der Waals surface area contributed by atoms with Gasteiger partial charge in [-0.25, -0.2) is 0 Å². The summed E-state index contributed by atoms with van der Waals surface area (Å²) in [5.74, 6) is 5.99. The zero-order chi connectivity index (χ0) is 7.99. The molecule has 1 aliphatic rings. The van der Waals surface area contributed by atoms with Gasteiger partial charge in [0, 0.05) is 11.5 Å². The summed E-state index contributed by atoms with van der Waals surface area (Å²) in [6.07, 6.45) is 0. The Hall–Kier alpha value is 0.0200. The van der Waals surface area contributed by atoms with Gasteiger partial charge in [-0.15, -0.1) is 0 Å². The topological polar surface area (TPSA) is 17.1 Å². The molecule has 0 bridgehead atoms. The van der Waals surface area contributed by atoms with Gasteiger partial charge < -0.3 is 0 Å². The summed E-state index contributed by atoms with van der Waals surface area (Å²) in [5, 5.41) is 0. The summed E-state index contributed by atoms with van der Waals surface area (Å²) in [4.78, 5) is 0. The second-order valence-corrected chi connectivity index (χ2v) is 6.96. The molecule has 10 heavy (non-hydrogen) atoms. The Morgan fingerprint density at radius 2 is 1.80 bits per heavy atom. The first-order chi connectivity index (χ1) is 4.31. The van der Waals surface area contributed by atoms with Crippen LogP contribution in [0.25, 0.3) is 0 Å². The largest absolute Gasteiger partial charge is 0.268 e. The van der Waals surface area contributed by atoms with Crippen LogP contribution in [0.3, 0.4) is 0 Å². The summed E-state index contributed by atoms with van der Waals surface area (Å²) in [6.45, 7) is 6.60. The number of rotatable bonds is 0. The molecule has 0 spiro atoms. The summed E-state index contributed by atoms with van der Waals surface area (Å²) in [5.41, 5.74) is 0.332. The molecule has 1 aliphatic heterocycles. The maximum Gasteiger partial charge on any atom is 0.0201 e. The lowest BCUT2D eigenvalue weighted by Crippen LogP contribution is -2.43. The SMILES string of the molecule is C=S1(=O)CC(C(C)(C)C)C1. The number of hydrogen-bond donors (Lipinski definition) is 0. The van der Waals surface area contributed by atoms with Gasteiger partial charge >= 0.3 is 0 Å². The van der Waals surface area contributed by atoms with E-state index in [9.17, 15) is 4.21 Å². The Kier molecular flexibility index (Phi) is 1.63. The molecule has 1 heterocycles. The van der Waals surface area contributed by atoms with E-state index in [0.717, 1.165) is 11.5 Å². The van der Waals surface area contributed by atoms with E-state index in [1.807, 2.05) is 0 Å². The Morgan fingerprint density at radius 3 is 1.90 bits per heavy atom. The van der Waals surface area contributed by atoms with Crippen LogP contribution in [0.4, 0.5) is 0 Å². The second-order valence-electron chi connectivity index (χ2n) is 4.36. The van der Waals surface area contributed by atoms with Crippen molar-refractivity contribution in [1.82, 2.24) is 0 Å². The molecule has 0 unspecified atom stereocenters. The van der Waals surface area contributed by atoms with Crippen LogP contribution in [0, 0.1) is 11.3 Å². The van der Waals surface area contributed by atoms with E-state index in [1.165, 1.54) is 0 Å². The molecule has 1 rings (SSSR count). The molecule has 2 heteroatoms. The first kappa shape index (κ1) is 8.12. The van der Waals surface area contributed by atoms with Crippen LogP contribution < -0.4 is 0 Å². The summed E-state index contributed by atoms with van der Waals surface area (Å²) < 4.78 is 11.2. The van der Waals surface area contributed by atoms with E-state index >= 15 is 0 Å². The molecule has 0 aromatic rings. The Balaban J connectivity index is 2.56. The van der Waals surface area contributed by atoms with Gasteiger partial charge in [0.15, 0.2) is 0 Å². The smallest absolute Gasteiger partial charge is 0.0201 e. The molecule has 0 aliphatic carbocycles. The highest BCUT2D eigenvalue weighted by atomic mass is 32.2. The molecule has 0 amide bonds. The van der Waals surface area contributed by atoms with Crippen LogP contribution >= 0.6 is 0 Å². The quantitative estimate of drug-likeness (QED) is 0.489. The third-order valence-electron chi connectivity index (χ3n) is 2.23. The fourth-order valence-corrected chi connectivity index (χ4v) is 3.55. The summed E-state index contributed by atoms with van der Waals surface area (Å²) in [7, 11) is -1.61. The van der Waals surface area contributed by atoms with Crippen LogP contribution in [0.5, 0.6) is 0 Å². The molecule has 1 saturated heterocycles. The molecular weight excluding hydrogens is 144 g/mol. The van der Waals surface area contributed by atoms with Crippen molar-refractivity contribution < 1.29 is 4.21 Å².